The van der Waals surface area contributed by atoms with Gasteiger partial charge >= 0.3 is 0 Å². The van der Waals surface area contributed by atoms with Crippen LogP contribution in [-0.4, -0.2) is 7.05 Å². The van der Waals surface area contributed by atoms with Gasteiger partial charge in [-0.2, -0.15) is 0 Å². The van der Waals surface area contributed by atoms with Crippen molar-refractivity contribution >= 4 is 120 Å². The normalized spacial score (nSPS) is 0.857. The molecule has 0 rings (SSSR count). The van der Waals surface area contributed by atoms with E-state index in [1.807, 2.05) is 0 Å². The highest BCUT2D eigenvalue weighted by Crippen LogP contribution is 0.890. The van der Waals surface area contributed by atoms with Gasteiger partial charge in [-0.25, -0.2) is 0 Å². The second-order valence-corrected chi connectivity index (χ2v) is 0. The minimum absolute atomic E-state index is 0. The fourth-order valence-electron chi connectivity index (χ4n) is 0. The third-order valence-electron chi connectivity index (χ3n) is 0. The van der Waals surface area contributed by atoms with E-state index in [2.05, 4.69) is 5.73 Å². The Hall–Kier alpha value is 3.61. The molecule has 0 aliphatic carbocycles. The maximum atomic E-state index is 4.50. The largest absolute Gasteiger partial charge is 0.333 e. The quantitative estimate of drug-likeness (QED) is 0.395. The summed E-state index contributed by atoms with van der Waals surface area (Å²) in [5, 5.41) is 0. The molecule has 0 heterocycles. The number of hydrogen-bond donors (Lipinski definition) is 1. The average Bonchev–Trinajstić information content (AvgIpc) is 1.00. The maximum Gasteiger partial charge on any atom is -0.0195 e. The number of nitrogens with two attached hydrogens (primary N) is 1. The molecule has 0 saturated carbocycles. The molecule has 0 saturated heterocycles. The Kier molecular flexibility index (Phi) is 360. The zero-order chi connectivity index (χ0) is 2.00. The van der Waals surface area contributed by atoms with Crippen LogP contribution in [0.25, 0.3) is 0 Å². The Morgan fingerprint density at radius 3 is 0.571 bits per heavy atom. The van der Waals surface area contributed by atoms with Crippen molar-refractivity contribution in [1.82, 2.24) is 0 Å². The average molecular weight is 671 g/mol. The molecule has 0 aliphatic heterocycles. The molecule has 0 aromatic heterocycles. The first-order valence-electron chi connectivity index (χ1n) is 0.577. The minimum atomic E-state index is 0. The van der Waals surface area contributed by atoms with Crippen LogP contribution in [0.2, 0.25) is 0 Å². The zero-order valence-corrected chi connectivity index (χ0v) is 15.3. The molecule has 7 heavy (non-hydrogen) atoms. The zero-order valence-electron chi connectivity index (χ0n) is 3.62. The monoisotopic (exact) mass is 671 g/mol. The van der Waals surface area contributed by atoms with Crippen LogP contribution in [0.1, 0.15) is 0 Å². The lowest BCUT2D eigenvalue weighted by Crippen LogP contribution is -1.69. The fourth-order valence-corrected chi connectivity index (χ4v) is 0. The maximum absolute atomic E-state index is 4.50. The van der Waals surface area contributed by atoms with Crippen LogP contribution in [0.5, 0.6) is 0 Å². The van der Waals surface area contributed by atoms with Gasteiger partial charge in [-0.05, 0) is 7.05 Å². The van der Waals surface area contributed by atoms with E-state index in [-0.39, 0.29) is 120 Å². The first-order valence-corrected chi connectivity index (χ1v) is 0.577. The van der Waals surface area contributed by atoms with Gasteiger partial charge in [0, 0.05) is 0 Å². The van der Waals surface area contributed by atoms with Crippen LogP contribution in [0, 0.1) is 0 Å². The van der Waals surface area contributed by atoms with Crippen LogP contribution < -0.4 is 5.73 Å². The molecule has 0 atom stereocenters. The summed E-state index contributed by atoms with van der Waals surface area (Å²) in [5.74, 6) is 0. The lowest BCUT2D eigenvalue weighted by atomic mass is 11.6. The van der Waals surface area contributed by atoms with Crippen LogP contribution in [0.15, 0.2) is 0 Å². The number of hydrogen-bond acceptors (Lipinski definition) is 1. The number of rotatable bonds is 0. The summed E-state index contributed by atoms with van der Waals surface area (Å²) in [4.78, 5) is 0. The minimum Gasteiger partial charge on any atom is -0.333 e. The molecule has 2 N–H and O–H groups in total. The Labute approximate surface area is 130 Å². The van der Waals surface area contributed by atoms with Crippen molar-refractivity contribution in [3.8, 4) is 0 Å². The molecule has 0 unspecified atom stereocenters. The van der Waals surface area contributed by atoms with E-state index in [0.717, 1.165) is 0 Å². The van der Waals surface area contributed by atoms with Crippen molar-refractivity contribution < 1.29 is 0 Å². The molecule has 1 nitrogen and oxygen atoms in total. The van der Waals surface area contributed by atoms with Gasteiger partial charge in [-0.3, -0.25) is 0 Å². The summed E-state index contributed by atoms with van der Waals surface area (Å²) in [6.45, 7) is 0. The van der Waals surface area contributed by atoms with Gasteiger partial charge in [0.15, 0.2) is 0 Å². The molecule has 0 aromatic rings. The molecule has 54 valence electrons. The Balaban J connectivity index is -0.000000000500. The molecule has 0 spiro atoms. The van der Waals surface area contributed by atoms with E-state index < -0.39 is 0 Å². The van der Waals surface area contributed by atoms with E-state index in [9.17, 15) is 0 Å². The van der Waals surface area contributed by atoms with Crippen molar-refractivity contribution in [2.24, 2.45) is 5.73 Å². The standard InChI is InChI=1S/CH5N.5HI/c1-2;;;;;/h2H2,1H3;5*1H. The SMILES string of the molecule is CN.I.I.I.I.I. The first-order chi connectivity index (χ1) is 1.00. The van der Waals surface area contributed by atoms with E-state index >= 15 is 0 Å². The predicted molar refractivity (Wildman–Crippen MR) is 87.2 cm³/mol. The molecule has 0 aliphatic rings. The van der Waals surface area contributed by atoms with Crippen molar-refractivity contribution in [2.75, 3.05) is 7.05 Å². The first kappa shape index (κ1) is 46.1. The van der Waals surface area contributed by atoms with Crippen molar-refractivity contribution in [3.63, 3.8) is 0 Å². The van der Waals surface area contributed by atoms with Crippen molar-refractivity contribution in [2.45, 2.75) is 0 Å². The highest BCUT2D eigenvalue weighted by Gasteiger charge is 0.836. The molecule has 0 bridgehead atoms. The fraction of sp³-hybridized carbons (Fsp3) is 1.00. The summed E-state index contributed by atoms with van der Waals surface area (Å²) < 4.78 is 0. The molecule has 0 amide bonds. The molecular weight excluding hydrogens is 661 g/mol. The van der Waals surface area contributed by atoms with Gasteiger partial charge in [-0.1, -0.05) is 0 Å². The molecule has 0 aromatic carbocycles. The number of halogens is 5. The lowest BCUT2D eigenvalue weighted by molar-refractivity contribution is 1.48. The van der Waals surface area contributed by atoms with Crippen molar-refractivity contribution in [3.05, 3.63) is 0 Å². The van der Waals surface area contributed by atoms with Crippen molar-refractivity contribution in [1.29, 1.82) is 0 Å². The Morgan fingerprint density at radius 1 is 0.571 bits per heavy atom. The molecule has 0 radical (unpaired) electrons. The van der Waals surface area contributed by atoms with Crippen LogP contribution >= 0.6 is 120 Å². The van der Waals surface area contributed by atoms with Crippen LogP contribution in [0.4, 0.5) is 0 Å². The van der Waals surface area contributed by atoms with E-state index in [1.54, 1.807) is 0 Å². The summed E-state index contributed by atoms with van der Waals surface area (Å²) >= 11 is 0. The predicted octanol–water partition coefficient (Wildman–Crippen LogP) is 2.66. The van der Waals surface area contributed by atoms with E-state index in [0.29, 0.717) is 0 Å². The van der Waals surface area contributed by atoms with Gasteiger partial charge in [0.1, 0.15) is 0 Å². The Bertz CT molecular complexity index is 8.04. The molecule has 0 fully saturated rings. The second-order valence-electron chi connectivity index (χ2n) is 0. The highest BCUT2D eigenvalue weighted by atomic mass is 127. The van der Waals surface area contributed by atoms with Crippen LogP contribution in [0.3, 0.4) is 0 Å². The summed E-state index contributed by atoms with van der Waals surface area (Å²) in [6.07, 6.45) is 0. The summed E-state index contributed by atoms with van der Waals surface area (Å²) in [6, 6.07) is 0. The summed E-state index contributed by atoms with van der Waals surface area (Å²) in [5.41, 5.74) is 4.50. The third kappa shape index (κ3) is 42.7. The highest BCUT2D eigenvalue weighted by molar-refractivity contribution is 14.0. The van der Waals surface area contributed by atoms with Gasteiger partial charge in [-0.15, -0.1) is 120 Å². The van der Waals surface area contributed by atoms with Gasteiger partial charge in [0.25, 0.3) is 0 Å². The van der Waals surface area contributed by atoms with Gasteiger partial charge < -0.3 is 5.73 Å². The van der Waals surface area contributed by atoms with E-state index in [4.69, 9.17) is 0 Å². The lowest BCUT2D eigenvalue weighted by Gasteiger charge is -1.19. The molecular formula is CH10I5N. The third-order valence-corrected chi connectivity index (χ3v) is 0. The van der Waals surface area contributed by atoms with Gasteiger partial charge in [0.05, 0.1) is 0 Å². The second kappa shape index (κ2) is 54.7. The Morgan fingerprint density at radius 2 is 0.571 bits per heavy atom. The molecule has 6 heteroatoms. The summed E-state index contributed by atoms with van der Waals surface area (Å²) in [7, 11) is 1.50. The topological polar surface area (TPSA) is 26.0 Å². The smallest absolute Gasteiger partial charge is 0.0195 e. The van der Waals surface area contributed by atoms with Gasteiger partial charge in [0.2, 0.25) is 0 Å². The van der Waals surface area contributed by atoms with Crippen LogP contribution in [-0.2, 0) is 0 Å². The van der Waals surface area contributed by atoms with E-state index in [1.165, 1.54) is 7.05 Å².